The quantitative estimate of drug-likeness (QED) is 0.743. The summed E-state index contributed by atoms with van der Waals surface area (Å²) in [6, 6.07) is 9.42. The number of hydrogen-bond donors (Lipinski definition) is 1. The number of thiophene rings is 1. The van der Waals surface area contributed by atoms with E-state index >= 15 is 0 Å². The molecule has 0 saturated carbocycles. The maximum Gasteiger partial charge on any atom is 0.233 e. The van der Waals surface area contributed by atoms with Gasteiger partial charge in [-0.05, 0) is 36.9 Å². The minimum absolute atomic E-state index is 0.00691. The Morgan fingerprint density at radius 2 is 2.00 bits per heavy atom. The standard InChI is InChI=1S/C15H15Cl2NOS2/c1-10(21-14-12(16)5-2-6-13(14)17)15(19)18-8-7-11-4-3-9-20-11/h2-6,9-10H,7-8H2,1H3,(H,18,19)/t10-/m0/s1. The van der Waals surface area contributed by atoms with Gasteiger partial charge in [0.25, 0.3) is 0 Å². The fourth-order valence-electron chi connectivity index (χ4n) is 1.73. The highest BCUT2D eigenvalue weighted by molar-refractivity contribution is 8.00. The SMILES string of the molecule is C[C@H](Sc1c(Cl)cccc1Cl)C(=O)NCCc1cccs1. The van der Waals surface area contributed by atoms with Crippen LogP contribution in [-0.4, -0.2) is 17.7 Å². The number of halogens is 2. The summed E-state index contributed by atoms with van der Waals surface area (Å²) in [7, 11) is 0. The monoisotopic (exact) mass is 359 g/mol. The molecule has 0 spiro atoms. The van der Waals surface area contributed by atoms with Crippen LogP contribution in [0.15, 0.2) is 40.6 Å². The summed E-state index contributed by atoms with van der Waals surface area (Å²) in [5.41, 5.74) is 0. The normalized spacial score (nSPS) is 12.1. The van der Waals surface area contributed by atoms with Crippen molar-refractivity contribution in [3.8, 4) is 0 Å². The van der Waals surface area contributed by atoms with E-state index in [4.69, 9.17) is 23.2 Å². The van der Waals surface area contributed by atoms with Crippen molar-refractivity contribution < 1.29 is 4.79 Å². The van der Waals surface area contributed by atoms with Crippen molar-refractivity contribution in [3.63, 3.8) is 0 Å². The van der Waals surface area contributed by atoms with Crippen molar-refractivity contribution in [1.82, 2.24) is 5.32 Å². The molecule has 1 amide bonds. The zero-order valence-electron chi connectivity index (χ0n) is 11.4. The number of thioether (sulfide) groups is 1. The third kappa shape index (κ3) is 4.92. The number of benzene rings is 1. The molecule has 0 fully saturated rings. The maximum absolute atomic E-state index is 12.1. The molecule has 2 aromatic rings. The van der Waals surface area contributed by atoms with E-state index in [-0.39, 0.29) is 11.2 Å². The molecule has 1 aromatic carbocycles. The van der Waals surface area contributed by atoms with E-state index in [9.17, 15) is 4.79 Å². The number of nitrogens with one attached hydrogen (secondary N) is 1. The molecule has 1 heterocycles. The summed E-state index contributed by atoms with van der Waals surface area (Å²) in [5, 5.41) is 5.88. The first-order valence-electron chi connectivity index (χ1n) is 6.48. The van der Waals surface area contributed by atoms with Gasteiger partial charge in [-0.25, -0.2) is 0 Å². The van der Waals surface area contributed by atoms with Gasteiger partial charge in [-0.1, -0.05) is 35.3 Å². The summed E-state index contributed by atoms with van der Waals surface area (Å²) in [6.07, 6.45) is 0.855. The largest absolute Gasteiger partial charge is 0.355 e. The number of hydrogen-bond acceptors (Lipinski definition) is 3. The summed E-state index contributed by atoms with van der Waals surface area (Å²) in [6.45, 7) is 2.49. The molecule has 2 nitrogen and oxygen atoms in total. The maximum atomic E-state index is 12.1. The highest BCUT2D eigenvalue weighted by Gasteiger charge is 2.17. The zero-order valence-corrected chi connectivity index (χ0v) is 14.6. The van der Waals surface area contributed by atoms with E-state index < -0.39 is 0 Å². The van der Waals surface area contributed by atoms with Crippen LogP contribution < -0.4 is 5.32 Å². The summed E-state index contributed by atoms with van der Waals surface area (Å²) < 4.78 is 0. The second-order valence-corrected chi connectivity index (χ2v) is 7.63. The minimum Gasteiger partial charge on any atom is -0.355 e. The number of rotatable bonds is 6. The summed E-state index contributed by atoms with van der Waals surface area (Å²) >= 11 is 15.3. The van der Waals surface area contributed by atoms with E-state index in [1.165, 1.54) is 16.6 Å². The Balaban J connectivity index is 1.85. The molecule has 0 aliphatic heterocycles. The average molecular weight is 360 g/mol. The lowest BCUT2D eigenvalue weighted by molar-refractivity contribution is -0.120. The lowest BCUT2D eigenvalue weighted by Crippen LogP contribution is -2.32. The molecule has 0 saturated heterocycles. The van der Waals surface area contributed by atoms with Gasteiger partial charge in [0.1, 0.15) is 0 Å². The van der Waals surface area contributed by atoms with Crippen LogP contribution in [0.1, 0.15) is 11.8 Å². The first-order valence-corrected chi connectivity index (χ1v) is 9.00. The lowest BCUT2D eigenvalue weighted by Gasteiger charge is -2.13. The molecule has 1 N–H and O–H groups in total. The van der Waals surface area contributed by atoms with Crippen molar-refractivity contribution >= 4 is 52.2 Å². The Hall–Kier alpha value is -0.680. The first-order chi connectivity index (χ1) is 10.1. The Kier molecular flexibility index (Phi) is 6.42. The van der Waals surface area contributed by atoms with Gasteiger partial charge in [-0.2, -0.15) is 0 Å². The lowest BCUT2D eigenvalue weighted by atomic mass is 10.3. The van der Waals surface area contributed by atoms with Crippen molar-refractivity contribution in [3.05, 3.63) is 50.6 Å². The predicted molar refractivity (Wildman–Crippen MR) is 92.8 cm³/mol. The van der Waals surface area contributed by atoms with E-state index in [0.717, 1.165) is 11.3 Å². The number of amides is 1. The molecule has 1 atom stereocenters. The van der Waals surface area contributed by atoms with Crippen LogP contribution in [0.3, 0.4) is 0 Å². The van der Waals surface area contributed by atoms with Crippen molar-refractivity contribution in [1.29, 1.82) is 0 Å². The Labute approximate surface area is 142 Å². The molecule has 0 unspecified atom stereocenters. The fraction of sp³-hybridized carbons (Fsp3) is 0.267. The topological polar surface area (TPSA) is 29.1 Å². The van der Waals surface area contributed by atoms with E-state index in [2.05, 4.69) is 11.4 Å². The van der Waals surface area contributed by atoms with Gasteiger partial charge in [-0.3, -0.25) is 4.79 Å². The second-order valence-electron chi connectivity index (χ2n) is 4.43. The molecule has 0 bridgehead atoms. The van der Waals surface area contributed by atoms with Gasteiger partial charge in [-0.15, -0.1) is 23.1 Å². The van der Waals surface area contributed by atoms with Crippen LogP contribution in [0.25, 0.3) is 0 Å². The highest BCUT2D eigenvalue weighted by Crippen LogP contribution is 2.36. The van der Waals surface area contributed by atoms with Gasteiger partial charge in [0.05, 0.1) is 15.3 Å². The van der Waals surface area contributed by atoms with E-state index in [1.54, 1.807) is 29.5 Å². The Morgan fingerprint density at radius 1 is 1.29 bits per heavy atom. The smallest absolute Gasteiger partial charge is 0.233 e. The second kappa shape index (κ2) is 8.08. The molecule has 0 aliphatic carbocycles. The van der Waals surface area contributed by atoms with Crippen LogP contribution in [-0.2, 0) is 11.2 Å². The molecule has 0 radical (unpaired) electrons. The van der Waals surface area contributed by atoms with E-state index in [1.807, 2.05) is 18.4 Å². The van der Waals surface area contributed by atoms with E-state index in [0.29, 0.717) is 16.6 Å². The Morgan fingerprint density at radius 3 is 2.62 bits per heavy atom. The first kappa shape index (κ1) is 16.7. The molecular formula is C15H15Cl2NOS2. The molecule has 6 heteroatoms. The van der Waals surface area contributed by atoms with Crippen LogP contribution in [0.4, 0.5) is 0 Å². The predicted octanol–water partition coefficient (Wildman–Crippen LogP) is 4.89. The van der Waals surface area contributed by atoms with Gasteiger partial charge < -0.3 is 5.32 Å². The van der Waals surface area contributed by atoms with Crippen LogP contribution in [0.2, 0.25) is 10.0 Å². The fourth-order valence-corrected chi connectivity index (χ4v) is 4.01. The molecule has 112 valence electrons. The third-order valence-electron chi connectivity index (χ3n) is 2.83. The summed E-state index contributed by atoms with van der Waals surface area (Å²) in [5.74, 6) is -0.00691. The van der Waals surface area contributed by atoms with Crippen molar-refractivity contribution in [2.45, 2.75) is 23.5 Å². The molecule has 0 aliphatic rings. The number of carbonyl (C=O) groups excluding carboxylic acids is 1. The van der Waals surface area contributed by atoms with Gasteiger partial charge in [0.2, 0.25) is 5.91 Å². The van der Waals surface area contributed by atoms with Gasteiger partial charge >= 0.3 is 0 Å². The van der Waals surface area contributed by atoms with Crippen molar-refractivity contribution in [2.75, 3.05) is 6.54 Å². The van der Waals surface area contributed by atoms with Gasteiger partial charge in [0, 0.05) is 16.3 Å². The summed E-state index contributed by atoms with van der Waals surface area (Å²) in [4.78, 5) is 14.1. The van der Waals surface area contributed by atoms with Crippen LogP contribution in [0, 0.1) is 0 Å². The van der Waals surface area contributed by atoms with Gasteiger partial charge in [0.15, 0.2) is 0 Å². The highest BCUT2D eigenvalue weighted by atomic mass is 35.5. The molecule has 2 rings (SSSR count). The van der Waals surface area contributed by atoms with Crippen LogP contribution in [0.5, 0.6) is 0 Å². The molecular weight excluding hydrogens is 345 g/mol. The number of carbonyl (C=O) groups is 1. The molecule has 1 aromatic heterocycles. The van der Waals surface area contributed by atoms with Crippen molar-refractivity contribution in [2.24, 2.45) is 0 Å². The average Bonchev–Trinajstić information content (AvgIpc) is 2.96. The Bertz CT molecular complexity index is 581. The minimum atomic E-state index is -0.245. The molecule has 21 heavy (non-hydrogen) atoms. The van der Waals surface area contributed by atoms with Crippen LogP contribution >= 0.6 is 46.3 Å². The third-order valence-corrected chi connectivity index (χ3v) is 5.87. The zero-order chi connectivity index (χ0) is 15.2.